The molecule has 0 aliphatic heterocycles. The van der Waals surface area contributed by atoms with Crippen LogP contribution in [0.2, 0.25) is 0 Å². The Morgan fingerprint density at radius 2 is 1.93 bits per heavy atom. The summed E-state index contributed by atoms with van der Waals surface area (Å²) in [6.07, 6.45) is 2.95. The van der Waals surface area contributed by atoms with E-state index in [1.165, 1.54) is 0 Å². The predicted octanol–water partition coefficient (Wildman–Crippen LogP) is 2.49. The topological polar surface area (TPSA) is 67.5 Å². The Balaban J connectivity index is 4.29. The predicted molar refractivity (Wildman–Crippen MR) is 63.7 cm³/mol. The van der Waals surface area contributed by atoms with E-state index in [1.54, 1.807) is 0 Å². The minimum atomic E-state index is -0.597. The van der Waals surface area contributed by atoms with Gasteiger partial charge in [0.1, 0.15) is 0 Å². The van der Waals surface area contributed by atoms with Gasteiger partial charge in [0, 0.05) is 5.71 Å². The monoisotopic (exact) mass is 213 g/mol. The molecule has 1 unspecified atom stereocenters. The van der Waals surface area contributed by atoms with Crippen LogP contribution in [-0.4, -0.2) is 11.7 Å². The summed E-state index contributed by atoms with van der Waals surface area (Å²) in [5, 5.41) is 4.04. The zero-order valence-corrected chi connectivity index (χ0v) is 10.2. The fourth-order valence-electron chi connectivity index (χ4n) is 1.33. The SMILES string of the molecule is CCC(C)CC(CC(C)C)=NNC(N)=O. The van der Waals surface area contributed by atoms with Gasteiger partial charge in [-0.2, -0.15) is 5.10 Å². The van der Waals surface area contributed by atoms with E-state index in [1.807, 2.05) is 0 Å². The third kappa shape index (κ3) is 7.97. The molecule has 0 aliphatic rings. The van der Waals surface area contributed by atoms with Crippen LogP contribution < -0.4 is 11.2 Å². The zero-order valence-electron chi connectivity index (χ0n) is 10.2. The maximum Gasteiger partial charge on any atom is 0.332 e. The summed E-state index contributed by atoms with van der Waals surface area (Å²) in [6, 6.07) is -0.597. The van der Waals surface area contributed by atoms with E-state index in [0.717, 1.165) is 25.0 Å². The Kier molecular flexibility index (Phi) is 6.75. The summed E-state index contributed by atoms with van der Waals surface area (Å²) >= 11 is 0. The second-order valence-electron chi connectivity index (χ2n) is 4.47. The molecule has 0 spiro atoms. The van der Waals surface area contributed by atoms with E-state index in [-0.39, 0.29) is 0 Å². The van der Waals surface area contributed by atoms with Crippen LogP contribution in [0.3, 0.4) is 0 Å². The number of hydrazone groups is 1. The van der Waals surface area contributed by atoms with Crippen LogP contribution in [0.1, 0.15) is 47.0 Å². The molecule has 0 radical (unpaired) electrons. The number of nitrogens with one attached hydrogen (secondary N) is 1. The van der Waals surface area contributed by atoms with Crippen LogP contribution in [-0.2, 0) is 0 Å². The molecular formula is C11H23N3O. The van der Waals surface area contributed by atoms with Crippen molar-refractivity contribution >= 4 is 11.7 Å². The van der Waals surface area contributed by atoms with E-state index in [2.05, 4.69) is 38.2 Å². The maximum absolute atomic E-state index is 10.5. The largest absolute Gasteiger partial charge is 0.350 e. The number of rotatable bonds is 6. The van der Waals surface area contributed by atoms with Crippen molar-refractivity contribution in [1.82, 2.24) is 5.43 Å². The van der Waals surface area contributed by atoms with Crippen molar-refractivity contribution in [1.29, 1.82) is 0 Å². The Morgan fingerprint density at radius 1 is 1.33 bits per heavy atom. The minimum absolute atomic E-state index is 0.544. The summed E-state index contributed by atoms with van der Waals surface area (Å²) in [7, 11) is 0. The quantitative estimate of drug-likeness (QED) is 0.516. The van der Waals surface area contributed by atoms with E-state index < -0.39 is 6.03 Å². The van der Waals surface area contributed by atoms with Crippen molar-refractivity contribution < 1.29 is 4.79 Å². The lowest BCUT2D eigenvalue weighted by Crippen LogP contribution is -2.26. The molecule has 0 fully saturated rings. The van der Waals surface area contributed by atoms with Crippen LogP contribution in [0, 0.1) is 11.8 Å². The first-order valence-corrected chi connectivity index (χ1v) is 5.56. The minimum Gasteiger partial charge on any atom is -0.350 e. The molecule has 1 atom stereocenters. The number of carbonyl (C=O) groups excluding carboxylic acids is 1. The highest BCUT2D eigenvalue weighted by molar-refractivity contribution is 5.86. The van der Waals surface area contributed by atoms with Crippen molar-refractivity contribution in [3.63, 3.8) is 0 Å². The lowest BCUT2D eigenvalue weighted by atomic mass is 9.96. The van der Waals surface area contributed by atoms with Gasteiger partial charge >= 0.3 is 6.03 Å². The van der Waals surface area contributed by atoms with Crippen LogP contribution in [0.25, 0.3) is 0 Å². The summed E-state index contributed by atoms with van der Waals surface area (Å²) < 4.78 is 0. The van der Waals surface area contributed by atoms with Crippen LogP contribution in [0.5, 0.6) is 0 Å². The summed E-state index contributed by atoms with van der Waals surface area (Å²) in [5.41, 5.74) is 8.31. The molecule has 0 aromatic carbocycles. The first-order valence-electron chi connectivity index (χ1n) is 5.56. The van der Waals surface area contributed by atoms with Gasteiger partial charge in [0.2, 0.25) is 0 Å². The van der Waals surface area contributed by atoms with E-state index in [9.17, 15) is 4.79 Å². The maximum atomic E-state index is 10.5. The Morgan fingerprint density at radius 3 is 2.33 bits per heavy atom. The van der Waals surface area contributed by atoms with Crippen LogP contribution >= 0.6 is 0 Å². The Labute approximate surface area is 92.3 Å². The van der Waals surface area contributed by atoms with Gasteiger partial charge in [0.15, 0.2) is 0 Å². The second kappa shape index (κ2) is 7.26. The van der Waals surface area contributed by atoms with Crippen molar-refractivity contribution in [3.8, 4) is 0 Å². The second-order valence-corrected chi connectivity index (χ2v) is 4.47. The molecule has 0 saturated heterocycles. The van der Waals surface area contributed by atoms with Gasteiger partial charge in [-0.15, -0.1) is 0 Å². The molecule has 0 saturated carbocycles. The van der Waals surface area contributed by atoms with Gasteiger partial charge in [-0.25, -0.2) is 10.2 Å². The van der Waals surface area contributed by atoms with Gasteiger partial charge in [-0.05, 0) is 24.7 Å². The normalized spacial score (nSPS) is 14.1. The molecule has 0 aromatic heterocycles. The molecule has 4 heteroatoms. The lowest BCUT2D eigenvalue weighted by Gasteiger charge is -2.13. The van der Waals surface area contributed by atoms with Gasteiger partial charge in [0.05, 0.1) is 0 Å². The van der Waals surface area contributed by atoms with Crippen molar-refractivity contribution in [2.24, 2.45) is 22.7 Å². The third-order valence-electron chi connectivity index (χ3n) is 2.25. The highest BCUT2D eigenvalue weighted by Gasteiger charge is 2.08. The highest BCUT2D eigenvalue weighted by atomic mass is 16.2. The highest BCUT2D eigenvalue weighted by Crippen LogP contribution is 2.12. The van der Waals surface area contributed by atoms with Crippen LogP contribution in [0.15, 0.2) is 5.10 Å². The number of nitrogens with two attached hydrogens (primary N) is 1. The van der Waals surface area contributed by atoms with Crippen molar-refractivity contribution in [2.75, 3.05) is 0 Å². The van der Waals surface area contributed by atoms with Gasteiger partial charge in [-0.3, -0.25) is 0 Å². The molecule has 2 amide bonds. The smallest absolute Gasteiger partial charge is 0.332 e. The molecule has 3 N–H and O–H groups in total. The zero-order chi connectivity index (χ0) is 11.8. The van der Waals surface area contributed by atoms with E-state index >= 15 is 0 Å². The number of hydrogen-bond acceptors (Lipinski definition) is 2. The third-order valence-corrected chi connectivity index (χ3v) is 2.25. The number of primary amides is 1. The first kappa shape index (κ1) is 13.9. The molecule has 4 nitrogen and oxygen atoms in total. The number of urea groups is 1. The first-order chi connectivity index (χ1) is 6.95. The Hall–Kier alpha value is -1.06. The molecule has 88 valence electrons. The Bertz CT molecular complexity index is 224. The number of amides is 2. The van der Waals surface area contributed by atoms with Crippen LogP contribution in [0.4, 0.5) is 4.79 Å². The molecule has 0 heterocycles. The summed E-state index contributed by atoms with van der Waals surface area (Å²) in [6.45, 7) is 8.60. The van der Waals surface area contributed by atoms with Crippen molar-refractivity contribution in [2.45, 2.75) is 47.0 Å². The van der Waals surface area contributed by atoms with Gasteiger partial charge in [0.25, 0.3) is 0 Å². The summed E-state index contributed by atoms with van der Waals surface area (Å²) in [4.78, 5) is 10.5. The number of hydrogen-bond donors (Lipinski definition) is 2. The van der Waals surface area contributed by atoms with Crippen molar-refractivity contribution in [3.05, 3.63) is 0 Å². The fourth-order valence-corrected chi connectivity index (χ4v) is 1.33. The molecule has 0 rings (SSSR count). The van der Waals surface area contributed by atoms with E-state index in [4.69, 9.17) is 5.73 Å². The lowest BCUT2D eigenvalue weighted by molar-refractivity contribution is 0.249. The average Bonchev–Trinajstić information content (AvgIpc) is 2.13. The van der Waals surface area contributed by atoms with E-state index in [0.29, 0.717) is 11.8 Å². The van der Waals surface area contributed by atoms with Gasteiger partial charge < -0.3 is 5.73 Å². The molecule has 15 heavy (non-hydrogen) atoms. The molecular weight excluding hydrogens is 190 g/mol. The number of carbonyl (C=O) groups is 1. The average molecular weight is 213 g/mol. The number of nitrogens with zero attached hydrogens (tertiary/aromatic N) is 1. The summed E-state index contributed by atoms with van der Waals surface area (Å²) in [5.74, 6) is 1.14. The molecule has 0 bridgehead atoms. The van der Waals surface area contributed by atoms with Gasteiger partial charge in [-0.1, -0.05) is 34.1 Å². The fraction of sp³-hybridized carbons (Fsp3) is 0.818. The molecule has 0 aliphatic carbocycles. The molecule has 0 aromatic rings. The standard InChI is InChI=1S/C11H23N3O/c1-5-9(4)7-10(6-8(2)3)13-14-11(12)15/h8-9H,5-7H2,1-4H3,(H3,12,14,15).